The molecule has 1 aromatic heterocycles. The molecule has 23 heavy (non-hydrogen) atoms. The number of hydrogen-bond donors (Lipinski definition) is 1. The van der Waals surface area contributed by atoms with Crippen LogP contribution >= 0.6 is 11.6 Å². The van der Waals surface area contributed by atoms with Crippen molar-refractivity contribution in [1.29, 1.82) is 0 Å². The molecule has 5 nitrogen and oxygen atoms in total. The van der Waals surface area contributed by atoms with Crippen molar-refractivity contribution in [3.8, 4) is 5.75 Å². The second-order valence-electron chi connectivity index (χ2n) is 5.54. The number of rotatable bonds is 3. The number of nitrogens with zero attached hydrogens (tertiary/aromatic N) is 2. The van der Waals surface area contributed by atoms with E-state index in [1.165, 1.54) is 0 Å². The van der Waals surface area contributed by atoms with Gasteiger partial charge in [-0.25, -0.2) is 0 Å². The van der Waals surface area contributed by atoms with Crippen LogP contribution in [0.4, 0.5) is 5.69 Å². The monoisotopic (exact) mass is 331 g/mol. The lowest BCUT2D eigenvalue weighted by molar-refractivity contribution is 0.0590. The fraction of sp³-hybridized carbons (Fsp3) is 0.294. The predicted molar refractivity (Wildman–Crippen MR) is 89.7 cm³/mol. The molecule has 1 fully saturated rings. The Hall–Kier alpha value is -2.27. The van der Waals surface area contributed by atoms with Gasteiger partial charge < -0.3 is 15.4 Å². The van der Waals surface area contributed by atoms with E-state index in [9.17, 15) is 4.79 Å². The Morgan fingerprint density at radius 3 is 2.57 bits per heavy atom. The summed E-state index contributed by atoms with van der Waals surface area (Å²) in [5, 5.41) is 0.687. The van der Waals surface area contributed by atoms with Gasteiger partial charge in [-0.1, -0.05) is 11.6 Å². The molecule has 1 amide bonds. The molecular weight excluding hydrogens is 314 g/mol. The van der Waals surface area contributed by atoms with E-state index < -0.39 is 0 Å². The molecule has 1 aliphatic heterocycles. The lowest BCUT2D eigenvalue weighted by atomic mass is 10.1. The third kappa shape index (κ3) is 3.93. The summed E-state index contributed by atoms with van der Waals surface area (Å²) in [6, 6.07) is 10.6. The third-order valence-corrected chi connectivity index (χ3v) is 4.10. The number of ether oxygens (including phenoxy) is 1. The van der Waals surface area contributed by atoms with Crippen LogP contribution in [-0.2, 0) is 0 Å². The molecule has 0 radical (unpaired) electrons. The van der Waals surface area contributed by atoms with E-state index in [-0.39, 0.29) is 12.0 Å². The quantitative estimate of drug-likeness (QED) is 0.938. The first-order chi connectivity index (χ1) is 11.1. The van der Waals surface area contributed by atoms with Gasteiger partial charge in [-0.15, -0.1) is 0 Å². The Kier molecular flexibility index (Phi) is 4.67. The molecule has 0 spiro atoms. The first-order valence-corrected chi connectivity index (χ1v) is 7.92. The molecule has 6 heteroatoms. The predicted octanol–water partition coefficient (Wildman–Crippen LogP) is 3.00. The number of halogens is 1. The highest BCUT2D eigenvalue weighted by Crippen LogP contribution is 2.21. The first kappa shape index (κ1) is 15.6. The van der Waals surface area contributed by atoms with E-state index in [2.05, 4.69) is 4.98 Å². The van der Waals surface area contributed by atoms with Crippen molar-refractivity contribution in [1.82, 2.24) is 9.88 Å². The number of piperidine rings is 1. The largest absolute Gasteiger partial charge is 0.490 e. The Balaban J connectivity index is 1.55. The van der Waals surface area contributed by atoms with Gasteiger partial charge in [0, 0.05) is 42.8 Å². The Morgan fingerprint density at radius 2 is 1.91 bits per heavy atom. The number of nitrogens with two attached hydrogens (primary N) is 1. The van der Waals surface area contributed by atoms with Crippen LogP contribution in [0.15, 0.2) is 42.6 Å². The number of carbonyl (C=O) groups is 1. The number of aromatic nitrogens is 1. The Labute approximate surface area is 140 Å². The number of amides is 1. The van der Waals surface area contributed by atoms with Gasteiger partial charge in [0.25, 0.3) is 5.91 Å². The number of benzene rings is 1. The summed E-state index contributed by atoms with van der Waals surface area (Å²) in [7, 11) is 0. The highest BCUT2D eigenvalue weighted by molar-refractivity contribution is 6.30. The number of pyridine rings is 1. The summed E-state index contributed by atoms with van der Waals surface area (Å²) < 4.78 is 5.93. The van der Waals surface area contributed by atoms with Crippen molar-refractivity contribution in [2.24, 2.45) is 0 Å². The Morgan fingerprint density at radius 1 is 1.22 bits per heavy atom. The highest BCUT2D eigenvalue weighted by atomic mass is 35.5. The lowest BCUT2D eigenvalue weighted by Crippen LogP contribution is -2.42. The second-order valence-corrected chi connectivity index (χ2v) is 5.97. The molecule has 120 valence electrons. The smallest absolute Gasteiger partial charge is 0.272 e. The van der Waals surface area contributed by atoms with Crippen LogP contribution in [0.25, 0.3) is 0 Å². The fourth-order valence-corrected chi connectivity index (χ4v) is 2.73. The molecule has 2 N–H and O–H groups in total. The molecule has 0 bridgehead atoms. The molecule has 2 aromatic rings. The molecule has 0 aliphatic carbocycles. The van der Waals surface area contributed by atoms with Crippen LogP contribution in [0, 0.1) is 0 Å². The number of anilines is 1. The van der Waals surface area contributed by atoms with Crippen molar-refractivity contribution in [3.05, 3.63) is 53.3 Å². The van der Waals surface area contributed by atoms with Crippen LogP contribution in [-0.4, -0.2) is 35.0 Å². The molecular formula is C17H18ClN3O2. The minimum absolute atomic E-state index is 0.0813. The van der Waals surface area contributed by atoms with Crippen molar-refractivity contribution < 1.29 is 9.53 Å². The standard InChI is InChI=1S/C17H18ClN3O2/c18-12-1-3-14(4-2-12)23-15-6-9-21(10-7-15)17(22)16-11-13(19)5-8-20-16/h1-5,8,11,15H,6-7,9-10H2,(H2,19,20). The number of carbonyl (C=O) groups excluding carboxylic acids is 1. The lowest BCUT2D eigenvalue weighted by Gasteiger charge is -2.32. The van der Waals surface area contributed by atoms with E-state index >= 15 is 0 Å². The number of nitrogen functional groups attached to an aromatic ring is 1. The maximum atomic E-state index is 12.4. The van der Waals surface area contributed by atoms with Crippen LogP contribution in [0.1, 0.15) is 23.3 Å². The zero-order chi connectivity index (χ0) is 16.2. The van der Waals surface area contributed by atoms with Gasteiger partial charge in [0.15, 0.2) is 0 Å². The highest BCUT2D eigenvalue weighted by Gasteiger charge is 2.25. The zero-order valence-electron chi connectivity index (χ0n) is 12.6. The summed E-state index contributed by atoms with van der Waals surface area (Å²) in [5.41, 5.74) is 6.64. The third-order valence-electron chi connectivity index (χ3n) is 3.85. The van der Waals surface area contributed by atoms with Crippen LogP contribution in [0.3, 0.4) is 0 Å². The van der Waals surface area contributed by atoms with Gasteiger partial charge in [0.2, 0.25) is 0 Å². The number of hydrogen-bond acceptors (Lipinski definition) is 4. The summed E-state index contributed by atoms with van der Waals surface area (Å²) in [6.45, 7) is 1.29. The number of likely N-dealkylation sites (tertiary alicyclic amines) is 1. The van der Waals surface area contributed by atoms with E-state index in [0.717, 1.165) is 18.6 Å². The average molecular weight is 332 g/mol. The fourth-order valence-electron chi connectivity index (χ4n) is 2.61. The SMILES string of the molecule is Nc1ccnc(C(=O)N2CCC(Oc3ccc(Cl)cc3)CC2)c1. The van der Waals surface area contributed by atoms with Crippen molar-refractivity contribution >= 4 is 23.2 Å². The summed E-state index contributed by atoms with van der Waals surface area (Å²) in [4.78, 5) is 18.3. The van der Waals surface area contributed by atoms with Gasteiger partial charge in [-0.3, -0.25) is 9.78 Å². The maximum absolute atomic E-state index is 12.4. The van der Waals surface area contributed by atoms with Crippen LogP contribution in [0.5, 0.6) is 5.75 Å². The van der Waals surface area contributed by atoms with E-state index in [0.29, 0.717) is 29.5 Å². The Bertz CT molecular complexity index is 682. The summed E-state index contributed by atoms with van der Waals surface area (Å²) >= 11 is 5.86. The van der Waals surface area contributed by atoms with Gasteiger partial charge in [0.1, 0.15) is 17.5 Å². The van der Waals surface area contributed by atoms with E-state index in [1.54, 1.807) is 35.4 Å². The van der Waals surface area contributed by atoms with Gasteiger partial charge in [0.05, 0.1) is 0 Å². The molecule has 3 rings (SSSR count). The molecule has 1 saturated heterocycles. The molecule has 1 aliphatic rings. The second kappa shape index (κ2) is 6.87. The van der Waals surface area contributed by atoms with E-state index in [1.807, 2.05) is 12.1 Å². The molecule has 0 unspecified atom stereocenters. The van der Waals surface area contributed by atoms with Gasteiger partial charge in [-0.05, 0) is 36.4 Å². The topological polar surface area (TPSA) is 68.5 Å². The molecule has 0 atom stereocenters. The van der Waals surface area contributed by atoms with E-state index in [4.69, 9.17) is 22.1 Å². The minimum atomic E-state index is -0.0813. The maximum Gasteiger partial charge on any atom is 0.272 e. The van der Waals surface area contributed by atoms with Crippen molar-refractivity contribution in [3.63, 3.8) is 0 Å². The average Bonchev–Trinajstić information content (AvgIpc) is 2.57. The normalized spacial score (nSPS) is 15.4. The zero-order valence-corrected chi connectivity index (χ0v) is 13.4. The molecule has 0 saturated carbocycles. The molecule has 1 aromatic carbocycles. The van der Waals surface area contributed by atoms with Crippen LogP contribution < -0.4 is 10.5 Å². The minimum Gasteiger partial charge on any atom is -0.490 e. The summed E-state index contributed by atoms with van der Waals surface area (Å²) in [6.07, 6.45) is 3.24. The molecule has 2 heterocycles. The van der Waals surface area contributed by atoms with Gasteiger partial charge in [-0.2, -0.15) is 0 Å². The first-order valence-electron chi connectivity index (χ1n) is 7.55. The van der Waals surface area contributed by atoms with Gasteiger partial charge >= 0.3 is 0 Å². The van der Waals surface area contributed by atoms with Crippen molar-refractivity contribution in [2.45, 2.75) is 18.9 Å². The van der Waals surface area contributed by atoms with Crippen molar-refractivity contribution in [2.75, 3.05) is 18.8 Å². The summed E-state index contributed by atoms with van der Waals surface area (Å²) in [5.74, 6) is 0.721. The van der Waals surface area contributed by atoms with Crippen LogP contribution in [0.2, 0.25) is 5.02 Å².